The molecule has 1 aromatic carbocycles. The van der Waals surface area contributed by atoms with Crippen molar-refractivity contribution in [3.8, 4) is 5.75 Å². The van der Waals surface area contributed by atoms with Gasteiger partial charge in [-0.25, -0.2) is 0 Å². The predicted molar refractivity (Wildman–Crippen MR) is 70.1 cm³/mol. The highest BCUT2D eigenvalue weighted by molar-refractivity contribution is 5.28. The van der Waals surface area contributed by atoms with Gasteiger partial charge in [0.2, 0.25) is 0 Å². The number of hydrogen-bond acceptors (Lipinski definition) is 3. The van der Waals surface area contributed by atoms with Crippen molar-refractivity contribution in [3.05, 3.63) is 42.5 Å². The van der Waals surface area contributed by atoms with E-state index in [2.05, 4.69) is 16.8 Å². The van der Waals surface area contributed by atoms with Crippen molar-refractivity contribution in [1.29, 1.82) is 0 Å². The van der Waals surface area contributed by atoms with Crippen molar-refractivity contribution in [2.75, 3.05) is 26.2 Å². The van der Waals surface area contributed by atoms with Gasteiger partial charge in [0.05, 0.1) is 0 Å². The van der Waals surface area contributed by atoms with Crippen molar-refractivity contribution in [2.24, 2.45) is 0 Å². The fourth-order valence-electron chi connectivity index (χ4n) is 2.34. The summed E-state index contributed by atoms with van der Waals surface area (Å²) in [4.78, 5) is 2.48. The van der Waals surface area contributed by atoms with Crippen molar-refractivity contribution < 1.29 is 5.11 Å². The topological polar surface area (TPSA) is 35.5 Å². The summed E-state index contributed by atoms with van der Waals surface area (Å²) in [5.41, 5.74) is 1.25. The molecule has 1 saturated heterocycles. The summed E-state index contributed by atoms with van der Waals surface area (Å²) in [5, 5.41) is 12.7. The van der Waals surface area contributed by atoms with E-state index >= 15 is 0 Å². The minimum atomic E-state index is 0.325. The van der Waals surface area contributed by atoms with Crippen molar-refractivity contribution in [2.45, 2.75) is 12.5 Å². The number of phenols is 1. The van der Waals surface area contributed by atoms with Crippen LogP contribution in [-0.4, -0.2) is 36.2 Å². The Morgan fingerprint density at radius 1 is 1.29 bits per heavy atom. The zero-order chi connectivity index (χ0) is 12.1. The summed E-state index contributed by atoms with van der Waals surface area (Å²) in [6.07, 6.45) is 2.92. The first-order chi connectivity index (χ1) is 8.31. The Bertz CT molecular complexity index is 355. The number of aromatic hydroxyl groups is 1. The lowest BCUT2D eigenvalue weighted by Gasteiger charge is -2.34. The molecule has 0 aromatic heterocycles. The molecule has 0 amide bonds. The molecule has 1 aliphatic heterocycles. The third-order valence-corrected chi connectivity index (χ3v) is 3.26. The van der Waals surface area contributed by atoms with Crippen molar-refractivity contribution in [3.63, 3.8) is 0 Å². The Hall–Kier alpha value is -1.32. The van der Waals surface area contributed by atoms with Gasteiger partial charge in [-0.2, -0.15) is 0 Å². The summed E-state index contributed by atoms with van der Waals surface area (Å²) < 4.78 is 0. The molecule has 1 fully saturated rings. The number of hydrogen-bond donors (Lipinski definition) is 2. The fraction of sp³-hybridized carbons (Fsp3) is 0.429. The first kappa shape index (κ1) is 12.1. The van der Waals surface area contributed by atoms with Crippen LogP contribution in [0.25, 0.3) is 0 Å². The molecule has 3 nitrogen and oxygen atoms in total. The van der Waals surface area contributed by atoms with Crippen LogP contribution >= 0.6 is 0 Å². The molecule has 1 aliphatic rings. The molecular formula is C14H20N2O. The van der Waals surface area contributed by atoms with Crippen molar-refractivity contribution >= 4 is 0 Å². The van der Waals surface area contributed by atoms with E-state index in [0.717, 1.165) is 32.6 Å². The average molecular weight is 232 g/mol. The van der Waals surface area contributed by atoms with Gasteiger partial charge in [0.25, 0.3) is 0 Å². The summed E-state index contributed by atoms with van der Waals surface area (Å²) in [5.74, 6) is 0.325. The fourth-order valence-corrected chi connectivity index (χ4v) is 2.34. The lowest BCUT2D eigenvalue weighted by Crippen LogP contribution is -2.45. The second kappa shape index (κ2) is 5.84. The molecule has 0 aliphatic carbocycles. The van der Waals surface area contributed by atoms with E-state index in [1.54, 1.807) is 12.1 Å². The summed E-state index contributed by atoms with van der Waals surface area (Å²) in [6.45, 7) is 8.08. The van der Waals surface area contributed by atoms with E-state index in [0.29, 0.717) is 11.8 Å². The number of piperazine rings is 1. The molecule has 0 spiro atoms. The van der Waals surface area contributed by atoms with Crippen LogP contribution in [0.3, 0.4) is 0 Å². The van der Waals surface area contributed by atoms with E-state index in [-0.39, 0.29) is 0 Å². The van der Waals surface area contributed by atoms with E-state index < -0.39 is 0 Å². The number of nitrogens with one attached hydrogen (secondary N) is 1. The maximum Gasteiger partial charge on any atom is 0.115 e. The van der Waals surface area contributed by atoms with Crippen molar-refractivity contribution in [1.82, 2.24) is 10.2 Å². The van der Waals surface area contributed by atoms with Crippen LogP contribution in [0.1, 0.15) is 18.0 Å². The normalized spacial score (nSPS) is 18.8. The predicted octanol–water partition coefficient (Wildman–Crippen LogP) is 1.91. The Kier molecular flexibility index (Phi) is 4.18. The Morgan fingerprint density at radius 2 is 1.94 bits per heavy atom. The van der Waals surface area contributed by atoms with Crippen LogP contribution < -0.4 is 5.32 Å². The van der Waals surface area contributed by atoms with Gasteiger partial charge in [0.15, 0.2) is 0 Å². The zero-order valence-electron chi connectivity index (χ0n) is 10.1. The maximum absolute atomic E-state index is 9.33. The summed E-state index contributed by atoms with van der Waals surface area (Å²) in [6, 6.07) is 7.91. The standard InChI is InChI=1S/C14H20N2O/c1-2-3-14(16-10-8-15-9-11-16)12-4-6-13(17)7-5-12/h2,4-7,14-15,17H,1,3,8-11H2/t14-/m0/s1. The molecule has 0 bridgehead atoms. The SMILES string of the molecule is C=CC[C@@H](c1ccc(O)cc1)N1CCNCC1. The Labute approximate surface area is 103 Å². The smallest absolute Gasteiger partial charge is 0.115 e. The highest BCUT2D eigenvalue weighted by Crippen LogP contribution is 2.26. The number of benzene rings is 1. The molecule has 2 rings (SSSR count). The average Bonchev–Trinajstić information content (AvgIpc) is 2.38. The van der Waals surface area contributed by atoms with Crippen LogP contribution in [0.2, 0.25) is 0 Å². The van der Waals surface area contributed by atoms with Gasteiger partial charge in [-0.05, 0) is 24.1 Å². The third kappa shape index (κ3) is 3.08. The zero-order valence-corrected chi connectivity index (χ0v) is 10.1. The number of phenolic OH excluding ortho intramolecular Hbond substituents is 1. The van der Waals surface area contributed by atoms with E-state index in [4.69, 9.17) is 0 Å². The van der Waals surface area contributed by atoms with Gasteiger partial charge in [-0.3, -0.25) is 4.90 Å². The molecule has 3 heteroatoms. The highest BCUT2D eigenvalue weighted by atomic mass is 16.3. The Balaban J connectivity index is 2.15. The molecule has 92 valence electrons. The summed E-state index contributed by atoms with van der Waals surface area (Å²) >= 11 is 0. The van der Waals surface area contributed by atoms with Crippen LogP contribution in [0.4, 0.5) is 0 Å². The second-order valence-corrected chi connectivity index (χ2v) is 4.42. The van der Waals surface area contributed by atoms with Gasteiger partial charge >= 0.3 is 0 Å². The van der Waals surface area contributed by atoms with Gasteiger partial charge in [-0.15, -0.1) is 6.58 Å². The highest BCUT2D eigenvalue weighted by Gasteiger charge is 2.20. The molecular weight excluding hydrogens is 212 g/mol. The molecule has 1 aromatic rings. The van der Waals surface area contributed by atoms with Crippen LogP contribution in [-0.2, 0) is 0 Å². The molecule has 0 saturated carbocycles. The first-order valence-corrected chi connectivity index (χ1v) is 6.16. The number of nitrogens with zero attached hydrogens (tertiary/aromatic N) is 1. The first-order valence-electron chi connectivity index (χ1n) is 6.16. The van der Waals surface area contributed by atoms with Crippen LogP contribution in [0.5, 0.6) is 5.75 Å². The lowest BCUT2D eigenvalue weighted by molar-refractivity contribution is 0.174. The third-order valence-electron chi connectivity index (χ3n) is 3.26. The minimum absolute atomic E-state index is 0.325. The van der Waals surface area contributed by atoms with Gasteiger partial charge in [0.1, 0.15) is 5.75 Å². The van der Waals surface area contributed by atoms with Gasteiger partial charge < -0.3 is 10.4 Å². The minimum Gasteiger partial charge on any atom is -0.508 e. The van der Waals surface area contributed by atoms with Gasteiger partial charge in [-0.1, -0.05) is 18.2 Å². The maximum atomic E-state index is 9.33. The molecule has 1 heterocycles. The van der Waals surface area contributed by atoms with Gasteiger partial charge in [0, 0.05) is 32.2 Å². The molecule has 17 heavy (non-hydrogen) atoms. The number of rotatable bonds is 4. The molecule has 0 radical (unpaired) electrons. The second-order valence-electron chi connectivity index (χ2n) is 4.42. The van der Waals surface area contributed by atoms with Crippen LogP contribution in [0.15, 0.2) is 36.9 Å². The molecule has 2 N–H and O–H groups in total. The van der Waals surface area contributed by atoms with E-state index in [9.17, 15) is 5.11 Å². The molecule has 1 atom stereocenters. The van der Waals surface area contributed by atoms with E-state index in [1.165, 1.54) is 5.56 Å². The van der Waals surface area contributed by atoms with Crippen LogP contribution in [0, 0.1) is 0 Å². The largest absolute Gasteiger partial charge is 0.508 e. The quantitative estimate of drug-likeness (QED) is 0.778. The lowest BCUT2D eigenvalue weighted by atomic mass is 10.0. The summed E-state index contributed by atoms with van der Waals surface area (Å²) in [7, 11) is 0. The van der Waals surface area contributed by atoms with E-state index in [1.807, 2.05) is 18.2 Å². The Morgan fingerprint density at radius 3 is 2.53 bits per heavy atom. The molecule has 0 unspecified atom stereocenters. The monoisotopic (exact) mass is 232 g/mol.